The van der Waals surface area contributed by atoms with E-state index in [1.807, 2.05) is 17.2 Å². The highest BCUT2D eigenvalue weighted by atomic mass is 16.2. The summed E-state index contributed by atoms with van der Waals surface area (Å²) in [5.74, 6) is -0.0900. The highest BCUT2D eigenvalue weighted by molar-refractivity contribution is 5.99. The molecule has 27 heavy (non-hydrogen) atoms. The number of nitrogens with zero attached hydrogens (tertiary/aromatic N) is 3. The van der Waals surface area contributed by atoms with E-state index in [4.69, 9.17) is 0 Å². The lowest BCUT2D eigenvalue weighted by Crippen LogP contribution is -2.48. The zero-order valence-electron chi connectivity index (χ0n) is 15.3. The summed E-state index contributed by atoms with van der Waals surface area (Å²) in [5.41, 5.74) is 3.28. The number of rotatable bonds is 4. The Kier molecular flexibility index (Phi) is 4.73. The summed E-state index contributed by atoms with van der Waals surface area (Å²) in [7, 11) is 0. The van der Waals surface area contributed by atoms with Crippen LogP contribution >= 0.6 is 0 Å². The molecule has 1 aromatic carbocycles. The average Bonchev–Trinajstić information content (AvgIpc) is 3.19. The van der Waals surface area contributed by atoms with Crippen molar-refractivity contribution in [2.75, 3.05) is 26.2 Å². The number of nitrogens with one attached hydrogen (secondary N) is 1. The standard InChI is InChI=1S/C21H22N4O2/c1-15(26)18-12-19(23-13-18)21(27)25-10-8-24(9-11-25)14-17-5-2-4-16-6-3-7-22-20(16)17/h2-7,12-13,23H,8-11,14H2,1H3. The quantitative estimate of drug-likeness (QED) is 0.725. The summed E-state index contributed by atoms with van der Waals surface area (Å²) in [4.78, 5) is 35.7. The van der Waals surface area contributed by atoms with Crippen LogP contribution in [0.1, 0.15) is 33.3 Å². The molecule has 0 radical (unpaired) electrons. The number of carbonyl (C=O) groups is 2. The Bertz CT molecular complexity index is 981. The van der Waals surface area contributed by atoms with Crippen molar-refractivity contribution in [2.45, 2.75) is 13.5 Å². The van der Waals surface area contributed by atoms with Gasteiger partial charge in [-0.3, -0.25) is 19.5 Å². The SMILES string of the molecule is CC(=O)c1c[nH]c(C(=O)N2CCN(Cc3cccc4cccnc34)CC2)c1. The van der Waals surface area contributed by atoms with Gasteiger partial charge in [-0.05, 0) is 24.6 Å². The highest BCUT2D eigenvalue weighted by Gasteiger charge is 2.23. The van der Waals surface area contributed by atoms with Crippen molar-refractivity contribution in [1.29, 1.82) is 0 Å². The van der Waals surface area contributed by atoms with Gasteiger partial charge in [0.1, 0.15) is 5.69 Å². The zero-order chi connectivity index (χ0) is 18.8. The number of H-pyrrole nitrogens is 1. The number of piperazine rings is 1. The maximum atomic E-state index is 12.6. The molecule has 0 bridgehead atoms. The van der Waals surface area contributed by atoms with Gasteiger partial charge in [-0.25, -0.2) is 0 Å². The Morgan fingerprint density at radius 1 is 1.11 bits per heavy atom. The first kappa shape index (κ1) is 17.4. The number of amides is 1. The minimum atomic E-state index is -0.0472. The summed E-state index contributed by atoms with van der Waals surface area (Å²) in [6, 6.07) is 11.9. The van der Waals surface area contributed by atoms with E-state index < -0.39 is 0 Å². The van der Waals surface area contributed by atoms with Crippen LogP contribution in [0.15, 0.2) is 48.8 Å². The molecule has 0 aliphatic carbocycles. The molecule has 1 aliphatic heterocycles. The molecule has 1 aliphatic rings. The molecule has 1 amide bonds. The van der Waals surface area contributed by atoms with E-state index in [-0.39, 0.29) is 11.7 Å². The molecular formula is C21H22N4O2. The van der Waals surface area contributed by atoms with E-state index in [0.717, 1.165) is 30.5 Å². The topological polar surface area (TPSA) is 69.3 Å². The molecule has 1 N–H and O–H groups in total. The van der Waals surface area contributed by atoms with Crippen LogP contribution in [0, 0.1) is 0 Å². The Labute approximate surface area is 157 Å². The number of hydrogen-bond donors (Lipinski definition) is 1. The van der Waals surface area contributed by atoms with Gasteiger partial charge < -0.3 is 9.88 Å². The minimum absolute atomic E-state index is 0.0428. The van der Waals surface area contributed by atoms with Crippen LogP contribution in [0.5, 0.6) is 0 Å². The number of aromatic nitrogens is 2. The van der Waals surface area contributed by atoms with Crippen molar-refractivity contribution < 1.29 is 9.59 Å². The van der Waals surface area contributed by atoms with Crippen molar-refractivity contribution in [1.82, 2.24) is 19.8 Å². The van der Waals surface area contributed by atoms with Crippen molar-refractivity contribution >= 4 is 22.6 Å². The molecule has 0 atom stereocenters. The van der Waals surface area contributed by atoms with Crippen LogP contribution in [0.3, 0.4) is 0 Å². The Hall–Kier alpha value is -2.99. The molecule has 0 spiro atoms. The largest absolute Gasteiger partial charge is 0.356 e. The molecule has 3 aromatic rings. The molecule has 2 aromatic heterocycles. The second kappa shape index (κ2) is 7.32. The summed E-state index contributed by atoms with van der Waals surface area (Å²) in [5, 5.41) is 1.15. The van der Waals surface area contributed by atoms with E-state index in [0.29, 0.717) is 24.3 Å². The lowest BCUT2D eigenvalue weighted by atomic mass is 10.1. The molecule has 138 valence electrons. The normalized spacial score (nSPS) is 15.2. The van der Waals surface area contributed by atoms with Gasteiger partial charge in [-0.1, -0.05) is 24.3 Å². The van der Waals surface area contributed by atoms with Crippen LogP contribution in [-0.2, 0) is 6.54 Å². The van der Waals surface area contributed by atoms with E-state index in [1.165, 1.54) is 12.5 Å². The second-order valence-electron chi connectivity index (χ2n) is 6.92. The van der Waals surface area contributed by atoms with Crippen LogP contribution < -0.4 is 0 Å². The fourth-order valence-corrected chi connectivity index (χ4v) is 3.54. The molecule has 1 saturated heterocycles. The van der Waals surface area contributed by atoms with Crippen LogP contribution in [0.4, 0.5) is 0 Å². The minimum Gasteiger partial charge on any atom is -0.356 e. The monoisotopic (exact) mass is 362 g/mol. The number of Topliss-reactive ketones (excluding diaryl/α,β-unsaturated/α-hetero) is 1. The molecule has 6 heteroatoms. The number of ketones is 1. The van der Waals surface area contributed by atoms with Crippen molar-refractivity contribution in [3.63, 3.8) is 0 Å². The van der Waals surface area contributed by atoms with Gasteiger partial charge in [0.05, 0.1) is 5.52 Å². The second-order valence-corrected chi connectivity index (χ2v) is 6.92. The van der Waals surface area contributed by atoms with Gasteiger partial charge in [0.15, 0.2) is 5.78 Å². The molecule has 3 heterocycles. The van der Waals surface area contributed by atoms with Gasteiger partial charge in [0, 0.05) is 56.1 Å². The predicted octanol–water partition coefficient (Wildman–Crippen LogP) is 2.72. The van der Waals surface area contributed by atoms with Crippen molar-refractivity contribution in [3.8, 4) is 0 Å². The van der Waals surface area contributed by atoms with Gasteiger partial charge in [0.2, 0.25) is 0 Å². The molecular weight excluding hydrogens is 340 g/mol. The number of benzene rings is 1. The molecule has 1 fully saturated rings. The number of aromatic amines is 1. The first-order valence-corrected chi connectivity index (χ1v) is 9.15. The molecule has 4 rings (SSSR count). The Balaban J connectivity index is 1.40. The Morgan fingerprint density at radius 2 is 1.89 bits per heavy atom. The lowest BCUT2D eigenvalue weighted by molar-refractivity contribution is 0.0624. The third-order valence-electron chi connectivity index (χ3n) is 5.09. The number of hydrogen-bond acceptors (Lipinski definition) is 4. The zero-order valence-corrected chi connectivity index (χ0v) is 15.3. The van der Waals surface area contributed by atoms with Crippen LogP contribution in [-0.4, -0.2) is 57.6 Å². The number of carbonyl (C=O) groups excluding carboxylic acids is 2. The maximum absolute atomic E-state index is 12.6. The average molecular weight is 362 g/mol. The molecule has 0 saturated carbocycles. The van der Waals surface area contributed by atoms with E-state index in [9.17, 15) is 9.59 Å². The third-order valence-corrected chi connectivity index (χ3v) is 5.09. The van der Waals surface area contributed by atoms with Gasteiger partial charge in [0.25, 0.3) is 5.91 Å². The van der Waals surface area contributed by atoms with Crippen molar-refractivity contribution in [2.24, 2.45) is 0 Å². The smallest absolute Gasteiger partial charge is 0.270 e. The highest BCUT2D eigenvalue weighted by Crippen LogP contribution is 2.19. The molecule has 0 unspecified atom stereocenters. The van der Waals surface area contributed by atoms with Gasteiger partial charge in [-0.2, -0.15) is 0 Å². The van der Waals surface area contributed by atoms with E-state index in [2.05, 4.69) is 39.1 Å². The predicted molar refractivity (Wildman–Crippen MR) is 104 cm³/mol. The first-order valence-electron chi connectivity index (χ1n) is 9.15. The summed E-state index contributed by atoms with van der Waals surface area (Å²) < 4.78 is 0. The van der Waals surface area contributed by atoms with Crippen molar-refractivity contribution in [3.05, 3.63) is 65.6 Å². The van der Waals surface area contributed by atoms with Crippen LogP contribution in [0.25, 0.3) is 10.9 Å². The van der Waals surface area contributed by atoms with Crippen LogP contribution in [0.2, 0.25) is 0 Å². The maximum Gasteiger partial charge on any atom is 0.270 e. The molecule has 6 nitrogen and oxygen atoms in total. The van der Waals surface area contributed by atoms with Gasteiger partial charge in [-0.15, -0.1) is 0 Å². The summed E-state index contributed by atoms with van der Waals surface area (Å²) in [6.07, 6.45) is 3.42. The fourth-order valence-electron chi connectivity index (χ4n) is 3.54. The third kappa shape index (κ3) is 3.61. The lowest BCUT2D eigenvalue weighted by Gasteiger charge is -2.34. The number of pyridine rings is 1. The van der Waals surface area contributed by atoms with E-state index >= 15 is 0 Å². The van der Waals surface area contributed by atoms with E-state index in [1.54, 1.807) is 12.3 Å². The summed E-state index contributed by atoms with van der Waals surface area (Å²) >= 11 is 0. The number of fused-ring (bicyclic) bond motifs is 1. The number of para-hydroxylation sites is 1. The summed E-state index contributed by atoms with van der Waals surface area (Å²) in [6.45, 7) is 5.30. The fraction of sp³-hybridized carbons (Fsp3) is 0.286. The van der Waals surface area contributed by atoms with Gasteiger partial charge >= 0.3 is 0 Å². The Morgan fingerprint density at radius 3 is 2.63 bits per heavy atom. The first-order chi connectivity index (χ1) is 13.1.